The Bertz CT molecular complexity index is 927. The van der Waals surface area contributed by atoms with Gasteiger partial charge in [0.15, 0.2) is 0 Å². The molecule has 4 rings (SSSR count). The van der Waals surface area contributed by atoms with Gasteiger partial charge in [-0.05, 0) is 61.4 Å². The topological polar surface area (TPSA) is 69.7 Å². The van der Waals surface area contributed by atoms with Crippen LogP contribution in [0, 0.1) is 5.92 Å². The second-order valence-corrected chi connectivity index (χ2v) is 11.2. The summed E-state index contributed by atoms with van der Waals surface area (Å²) in [5, 5.41) is 4.78. The predicted octanol–water partition coefficient (Wildman–Crippen LogP) is 4.17. The van der Waals surface area contributed by atoms with Crippen molar-refractivity contribution in [3.8, 4) is 0 Å². The first-order chi connectivity index (χ1) is 14.5. The van der Waals surface area contributed by atoms with Crippen LogP contribution in [0.3, 0.4) is 0 Å². The van der Waals surface area contributed by atoms with Crippen LogP contribution in [-0.2, 0) is 14.8 Å². The van der Waals surface area contributed by atoms with Crippen LogP contribution in [0.1, 0.15) is 38.5 Å². The Morgan fingerprint density at radius 3 is 2.20 bits per heavy atom. The number of hydrogen-bond acceptors (Lipinski definition) is 5. The maximum atomic E-state index is 12.7. The number of carbonyl (C=O) groups is 1. The number of sulfonamides is 1. The second-order valence-electron chi connectivity index (χ2n) is 8.05. The lowest BCUT2D eigenvalue weighted by molar-refractivity contribution is -0.120. The Balaban J connectivity index is 1.30. The highest BCUT2D eigenvalue weighted by atomic mass is 32.2. The van der Waals surface area contributed by atoms with Gasteiger partial charge >= 0.3 is 0 Å². The largest absolute Gasteiger partial charge is 0.372 e. The van der Waals surface area contributed by atoms with Crippen molar-refractivity contribution in [1.29, 1.82) is 0 Å². The number of hydrogen-bond donors (Lipinski definition) is 1. The van der Waals surface area contributed by atoms with Crippen LogP contribution >= 0.6 is 11.3 Å². The van der Waals surface area contributed by atoms with Gasteiger partial charge in [-0.15, -0.1) is 11.3 Å². The highest BCUT2D eigenvalue weighted by Crippen LogP contribution is 2.27. The zero-order valence-electron chi connectivity index (χ0n) is 17.1. The van der Waals surface area contributed by atoms with Crippen molar-refractivity contribution in [1.82, 2.24) is 4.31 Å². The Morgan fingerprint density at radius 2 is 1.60 bits per heavy atom. The highest BCUT2D eigenvalue weighted by molar-refractivity contribution is 7.91. The number of amides is 1. The molecular weight excluding hydrogens is 418 g/mol. The smallest absolute Gasteiger partial charge is 0.252 e. The van der Waals surface area contributed by atoms with E-state index in [1.165, 1.54) is 47.0 Å². The first-order valence-electron chi connectivity index (χ1n) is 10.7. The minimum absolute atomic E-state index is 0.0225. The first kappa shape index (κ1) is 21.3. The minimum Gasteiger partial charge on any atom is -0.372 e. The molecule has 2 aliphatic rings. The van der Waals surface area contributed by atoms with E-state index in [-0.39, 0.29) is 11.8 Å². The van der Waals surface area contributed by atoms with Gasteiger partial charge in [0.25, 0.3) is 10.0 Å². The van der Waals surface area contributed by atoms with Crippen molar-refractivity contribution in [2.75, 3.05) is 36.4 Å². The Kier molecular flexibility index (Phi) is 6.75. The summed E-state index contributed by atoms with van der Waals surface area (Å²) < 4.78 is 27.1. The summed E-state index contributed by atoms with van der Waals surface area (Å²) in [6.07, 6.45) is 6.17. The molecule has 0 unspecified atom stereocenters. The number of anilines is 2. The fourth-order valence-corrected chi connectivity index (χ4v) is 6.84. The van der Waals surface area contributed by atoms with Crippen LogP contribution in [-0.4, -0.2) is 44.8 Å². The molecule has 0 bridgehead atoms. The average molecular weight is 448 g/mol. The molecule has 2 saturated heterocycles. The molecule has 1 aromatic carbocycles. The molecule has 1 aromatic heterocycles. The molecule has 1 amide bonds. The van der Waals surface area contributed by atoms with Gasteiger partial charge in [-0.3, -0.25) is 4.79 Å². The van der Waals surface area contributed by atoms with Crippen molar-refractivity contribution in [3.05, 3.63) is 41.8 Å². The fourth-order valence-electron chi connectivity index (χ4n) is 4.22. The molecular formula is C22H29N3O3S2. The van der Waals surface area contributed by atoms with E-state index in [9.17, 15) is 13.2 Å². The van der Waals surface area contributed by atoms with Crippen LogP contribution in [0.4, 0.5) is 11.4 Å². The van der Waals surface area contributed by atoms with Crippen molar-refractivity contribution >= 4 is 38.6 Å². The molecule has 0 spiro atoms. The van der Waals surface area contributed by atoms with Crippen molar-refractivity contribution in [3.63, 3.8) is 0 Å². The van der Waals surface area contributed by atoms with Crippen LogP contribution in [0.5, 0.6) is 0 Å². The predicted molar refractivity (Wildman–Crippen MR) is 122 cm³/mol. The molecule has 0 aliphatic carbocycles. The number of nitrogens with zero attached hydrogens (tertiary/aromatic N) is 2. The molecule has 1 N–H and O–H groups in total. The van der Waals surface area contributed by atoms with Gasteiger partial charge in [0.1, 0.15) is 4.21 Å². The Hall–Kier alpha value is -1.90. The van der Waals surface area contributed by atoms with Crippen molar-refractivity contribution < 1.29 is 13.2 Å². The molecule has 0 saturated carbocycles. The zero-order chi connectivity index (χ0) is 21.0. The van der Waals surface area contributed by atoms with Gasteiger partial charge in [0.05, 0.1) is 0 Å². The summed E-state index contributed by atoms with van der Waals surface area (Å²) in [4.78, 5) is 15.1. The third-order valence-corrected chi connectivity index (χ3v) is 9.29. The van der Waals surface area contributed by atoms with Crippen LogP contribution in [0.2, 0.25) is 0 Å². The number of thiophene rings is 1. The van der Waals surface area contributed by atoms with E-state index in [4.69, 9.17) is 0 Å². The Morgan fingerprint density at radius 1 is 0.933 bits per heavy atom. The summed E-state index contributed by atoms with van der Waals surface area (Å²) >= 11 is 1.23. The van der Waals surface area contributed by atoms with Crippen LogP contribution in [0.25, 0.3) is 0 Å². The lowest BCUT2D eigenvalue weighted by Gasteiger charge is -2.30. The molecule has 8 heteroatoms. The normalized spacial score (nSPS) is 19.4. The molecule has 6 nitrogen and oxygen atoms in total. The van der Waals surface area contributed by atoms with Gasteiger partial charge in [-0.2, -0.15) is 4.31 Å². The summed E-state index contributed by atoms with van der Waals surface area (Å²) in [5.41, 5.74) is 2.01. The molecule has 2 fully saturated rings. The van der Waals surface area contributed by atoms with Gasteiger partial charge in [0, 0.05) is 43.5 Å². The summed E-state index contributed by atoms with van der Waals surface area (Å²) in [6.45, 7) is 2.95. The van der Waals surface area contributed by atoms with E-state index in [0.29, 0.717) is 30.1 Å². The lowest BCUT2D eigenvalue weighted by atomic mass is 9.97. The van der Waals surface area contributed by atoms with Gasteiger partial charge in [-0.1, -0.05) is 18.9 Å². The van der Waals surface area contributed by atoms with Gasteiger partial charge in [-0.25, -0.2) is 8.42 Å². The molecule has 0 radical (unpaired) electrons. The second kappa shape index (κ2) is 9.49. The van der Waals surface area contributed by atoms with Crippen molar-refractivity contribution in [2.24, 2.45) is 5.92 Å². The number of carbonyl (C=O) groups excluding carboxylic acids is 1. The van der Waals surface area contributed by atoms with Gasteiger partial charge in [0.2, 0.25) is 5.91 Å². The van der Waals surface area contributed by atoms with Crippen LogP contribution < -0.4 is 10.2 Å². The first-order valence-corrected chi connectivity index (χ1v) is 13.1. The highest BCUT2D eigenvalue weighted by Gasteiger charge is 2.32. The third-order valence-electron chi connectivity index (χ3n) is 6.02. The standard InChI is InChI=1S/C22H29N3O3S2/c26-22(18-11-15-25(16-12-18)30(27,28)21-6-5-17-29-21)23-19-7-9-20(10-8-19)24-13-3-1-2-4-14-24/h5-10,17-18H,1-4,11-16H2,(H,23,26). The number of benzene rings is 1. The van der Waals surface area contributed by atoms with Gasteiger partial charge < -0.3 is 10.2 Å². The fraction of sp³-hybridized carbons (Fsp3) is 0.500. The van der Waals surface area contributed by atoms with E-state index in [2.05, 4.69) is 22.3 Å². The number of nitrogens with one attached hydrogen (secondary N) is 1. The number of piperidine rings is 1. The number of rotatable bonds is 5. The summed E-state index contributed by atoms with van der Waals surface area (Å²) in [7, 11) is -3.43. The SMILES string of the molecule is O=C(Nc1ccc(N2CCCCCC2)cc1)C1CCN(S(=O)(=O)c2cccs2)CC1. The molecule has 3 heterocycles. The maximum absolute atomic E-state index is 12.7. The summed E-state index contributed by atoms with van der Waals surface area (Å²) in [6, 6.07) is 11.5. The van der Waals surface area contributed by atoms with E-state index in [0.717, 1.165) is 18.8 Å². The zero-order valence-corrected chi connectivity index (χ0v) is 18.8. The quantitative estimate of drug-likeness (QED) is 0.747. The van der Waals surface area contributed by atoms with Crippen LogP contribution in [0.15, 0.2) is 46.0 Å². The molecule has 0 atom stereocenters. The molecule has 162 valence electrons. The third kappa shape index (κ3) is 4.87. The van der Waals surface area contributed by atoms with E-state index >= 15 is 0 Å². The average Bonchev–Trinajstić information content (AvgIpc) is 3.19. The summed E-state index contributed by atoms with van der Waals surface area (Å²) in [5.74, 6) is -0.184. The van der Waals surface area contributed by atoms with E-state index in [1.54, 1.807) is 17.5 Å². The van der Waals surface area contributed by atoms with Crippen molar-refractivity contribution in [2.45, 2.75) is 42.7 Å². The van der Waals surface area contributed by atoms with E-state index in [1.807, 2.05) is 12.1 Å². The minimum atomic E-state index is -3.43. The Labute approximate surface area is 182 Å². The molecule has 2 aromatic rings. The lowest BCUT2D eigenvalue weighted by Crippen LogP contribution is -2.41. The molecule has 2 aliphatic heterocycles. The molecule has 30 heavy (non-hydrogen) atoms. The van der Waals surface area contributed by atoms with E-state index < -0.39 is 10.0 Å². The monoisotopic (exact) mass is 447 g/mol. The maximum Gasteiger partial charge on any atom is 0.252 e.